The van der Waals surface area contributed by atoms with E-state index in [1.807, 2.05) is 20.8 Å². The number of aromatic carboxylic acids is 2. The van der Waals surface area contributed by atoms with E-state index in [1.54, 1.807) is 60.7 Å². The molecule has 0 heterocycles. The van der Waals surface area contributed by atoms with Crippen molar-refractivity contribution in [2.24, 2.45) is 5.92 Å². The summed E-state index contributed by atoms with van der Waals surface area (Å²) in [5, 5.41) is 36.7. The van der Waals surface area contributed by atoms with Crippen molar-refractivity contribution in [1.82, 2.24) is 0 Å². The summed E-state index contributed by atoms with van der Waals surface area (Å²) in [6.07, 6.45) is 2.80. The Labute approximate surface area is 185 Å². The van der Waals surface area contributed by atoms with Gasteiger partial charge in [0.15, 0.2) is 0 Å². The van der Waals surface area contributed by atoms with Crippen LogP contribution in [0.5, 0.6) is 0 Å². The van der Waals surface area contributed by atoms with Gasteiger partial charge in [-0.25, -0.2) is 9.59 Å². The lowest BCUT2D eigenvalue weighted by Gasteiger charge is -2.35. The number of hydrogen-bond donors (Lipinski definition) is 4. The molecule has 31 heavy (non-hydrogen) atoms. The van der Waals surface area contributed by atoms with E-state index in [1.165, 1.54) is 0 Å². The Hall–Kier alpha value is -2.70. The maximum Gasteiger partial charge on any atom is 0.335 e. The van der Waals surface area contributed by atoms with E-state index in [2.05, 4.69) is 6.92 Å². The highest BCUT2D eigenvalue weighted by atomic mass is 16.4. The molecule has 0 fully saturated rings. The fraction of sp³-hybridized carbons (Fsp3) is 0.440. The zero-order valence-electron chi connectivity index (χ0n) is 18.9. The maximum atomic E-state index is 10.2. The molecule has 2 aromatic carbocycles. The first-order chi connectivity index (χ1) is 14.6. The summed E-state index contributed by atoms with van der Waals surface area (Å²) < 4.78 is 0. The Balaban J connectivity index is 0.000000445. The molecule has 2 aromatic rings. The Morgan fingerprint density at radius 3 is 1.45 bits per heavy atom. The Morgan fingerprint density at radius 2 is 1.23 bits per heavy atom. The van der Waals surface area contributed by atoms with Gasteiger partial charge in [0.05, 0.1) is 22.8 Å². The molecule has 0 amide bonds. The van der Waals surface area contributed by atoms with Crippen LogP contribution in [0, 0.1) is 5.92 Å². The normalized spacial score (nSPS) is 13.9. The third kappa shape index (κ3) is 10.8. The smallest absolute Gasteiger partial charge is 0.335 e. The van der Waals surface area contributed by atoms with Gasteiger partial charge in [0, 0.05) is 5.92 Å². The lowest BCUT2D eigenvalue weighted by atomic mass is 9.79. The molecule has 6 nitrogen and oxygen atoms in total. The molecule has 4 N–H and O–H groups in total. The number of benzene rings is 2. The van der Waals surface area contributed by atoms with E-state index in [4.69, 9.17) is 10.2 Å². The summed E-state index contributed by atoms with van der Waals surface area (Å²) in [5.41, 5.74) is -0.0144. The van der Waals surface area contributed by atoms with Crippen LogP contribution in [0.15, 0.2) is 60.7 Å². The average molecular weight is 433 g/mol. The topological polar surface area (TPSA) is 115 Å². The predicted octanol–water partition coefficient (Wildman–Crippen LogP) is 5.10. The number of aliphatic hydroxyl groups excluding tert-OH is 1. The van der Waals surface area contributed by atoms with E-state index >= 15 is 0 Å². The van der Waals surface area contributed by atoms with Gasteiger partial charge >= 0.3 is 11.9 Å². The number of carboxylic acids is 2. The highest BCUT2D eigenvalue weighted by Gasteiger charge is 2.34. The molecule has 0 saturated carbocycles. The van der Waals surface area contributed by atoms with Gasteiger partial charge in [0.2, 0.25) is 0 Å². The van der Waals surface area contributed by atoms with Crippen LogP contribution in [-0.4, -0.2) is 44.1 Å². The molecule has 0 aromatic heterocycles. The average Bonchev–Trinajstić information content (AvgIpc) is 2.80. The van der Waals surface area contributed by atoms with Crippen LogP contribution in [0.3, 0.4) is 0 Å². The van der Waals surface area contributed by atoms with Crippen molar-refractivity contribution in [3.8, 4) is 0 Å². The molecule has 0 radical (unpaired) electrons. The van der Waals surface area contributed by atoms with Crippen molar-refractivity contribution in [3.05, 3.63) is 71.8 Å². The Morgan fingerprint density at radius 1 is 0.839 bits per heavy atom. The van der Waals surface area contributed by atoms with Crippen molar-refractivity contribution < 1.29 is 30.0 Å². The molecule has 0 aliphatic rings. The maximum absolute atomic E-state index is 10.2. The van der Waals surface area contributed by atoms with Crippen molar-refractivity contribution in [1.29, 1.82) is 0 Å². The molecule has 6 heteroatoms. The largest absolute Gasteiger partial charge is 0.478 e. The van der Waals surface area contributed by atoms with Gasteiger partial charge in [-0.15, -0.1) is 0 Å². The summed E-state index contributed by atoms with van der Waals surface area (Å²) in [7, 11) is 0. The first-order valence-electron chi connectivity index (χ1n) is 10.6. The highest BCUT2D eigenvalue weighted by molar-refractivity contribution is 5.87. The summed E-state index contributed by atoms with van der Waals surface area (Å²) in [6.45, 7) is 7.93. The van der Waals surface area contributed by atoms with E-state index in [9.17, 15) is 19.8 Å². The van der Waals surface area contributed by atoms with Crippen molar-refractivity contribution in [2.45, 2.75) is 65.1 Å². The Kier molecular flexibility index (Phi) is 13.8. The Bertz CT molecular complexity index is 698. The van der Waals surface area contributed by atoms with Gasteiger partial charge in [-0.05, 0) is 43.5 Å². The van der Waals surface area contributed by atoms with Crippen molar-refractivity contribution in [2.75, 3.05) is 0 Å². The minimum atomic E-state index is -0.879. The molecule has 0 aliphatic carbocycles. The molecule has 3 unspecified atom stereocenters. The lowest BCUT2D eigenvalue weighted by molar-refractivity contribution is -0.0729. The second-order valence-corrected chi connectivity index (χ2v) is 7.31. The third-order valence-corrected chi connectivity index (χ3v) is 5.18. The number of rotatable bonds is 8. The molecule has 0 spiro atoms. The van der Waals surface area contributed by atoms with Crippen LogP contribution in [0.4, 0.5) is 0 Å². The van der Waals surface area contributed by atoms with Crippen LogP contribution in [-0.2, 0) is 0 Å². The number of aliphatic hydroxyl groups is 2. The summed E-state index contributed by atoms with van der Waals surface area (Å²) in [4.78, 5) is 20.4. The van der Waals surface area contributed by atoms with E-state index < -0.39 is 17.5 Å². The summed E-state index contributed by atoms with van der Waals surface area (Å²) in [5.74, 6) is -1.78. The first kappa shape index (κ1) is 28.3. The standard InChI is InChI=1S/C11H24O2.2C7H6O2/c1-5-8-11(13,7-3)9(4)10(12)6-2;2*8-7(9)6-4-2-1-3-5-6/h9-10,12-13H,5-8H2,1-4H3;2*1-5H,(H,8,9). The summed E-state index contributed by atoms with van der Waals surface area (Å²) >= 11 is 0. The quantitative estimate of drug-likeness (QED) is 0.461. The second-order valence-electron chi connectivity index (χ2n) is 7.31. The number of carboxylic acid groups (broad SMARTS) is 2. The summed E-state index contributed by atoms with van der Waals surface area (Å²) in [6, 6.07) is 16.6. The predicted molar refractivity (Wildman–Crippen MR) is 122 cm³/mol. The lowest BCUT2D eigenvalue weighted by Crippen LogP contribution is -2.41. The molecule has 0 saturated heterocycles. The highest BCUT2D eigenvalue weighted by Crippen LogP contribution is 2.30. The zero-order valence-corrected chi connectivity index (χ0v) is 18.9. The van der Waals surface area contributed by atoms with Crippen molar-refractivity contribution >= 4 is 11.9 Å². The molecular formula is C25H36O6. The van der Waals surface area contributed by atoms with Crippen LogP contribution in [0.25, 0.3) is 0 Å². The molecule has 2 rings (SSSR count). The SMILES string of the molecule is CCCC(O)(CC)C(C)C(O)CC.O=C(O)c1ccccc1.O=C(O)c1ccccc1. The molecule has 3 atom stereocenters. The van der Waals surface area contributed by atoms with Crippen molar-refractivity contribution in [3.63, 3.8) is 0 Å². The number of carbonyl (C=O) groups is 2. The molecule has 0 bridgehead atoms. The van der Waals surface area contributed by atoms with Gasteiger partial charge < -0.3 is 20.4 Å². The van der Waals surface area contributed by atoms with E-state index in [-0.39, 0.29) is 12.0 Å². The van der Waals surface area contributed by atoms with E-state index in [0.717, 1.165) is 19.3 Å². The first-order valence-corrected chi connectivity index (χ1v) is 10.6. The van der Waals surface area contributed by atoms with Gasteiger partial charge in [0.25, 0.3) is 0 Å². The van der Waals surface area contributed by atoms with Gasteiger partial charge in [-0.1, -0.05) is 70.5 Å². The molecular weight excluding hydrogens is 396 g/mol. The fourth-order valence-corrected chi connectivity index (χ4v) is 3.03. The van der Waals surface area contributed by atoms with Gasteiger partial charge in [-0.3, -0.25) is 0 Å². The third-order valence-electron chi connectivity index (χ3n) is 5.18. The van der Waals surface area contributed by atoms with E-state index in [0.29, 0.717) is 17.5 Å². The van der Waals surface area contributed by atoms with Crippen LogP contribution >= 0.6 is 0 Å². The van der Waals surface area contributed by atoms with Gasteiger partial charge in [-0.2, -0.15) is 0 Å². The minimum Gasteiger partial charge on any atom is -0.478 e. The molecule has 172 valence electrons. The van der Waals surface area contributed by atoms with Crippen LogP contribution in [0.2, 0.25) is 0 Å². The molecule has 0 aliphatic heterocycles. The van der Waals surface area contributed by atoms with Gasteiger partial charge in [0.1, 0.15) is 0 Å². The fourth-order valence-electron chi connectivity index (χ4n) is 3.03. The monoisotopic (exact) mass is 432 g/mol. The number of hydrogen-bond acceptors (Lipinski definition) is 4. The second kappa shape index (κ2) is 15.2. The minimum absolute atomic E-state index is 0.0255. The van der Waals surface area contributed by atoms with Crippen LogP contribution in [0.1, 0.15) is 74.1 Å². The zero-order chi connectivity index (χ0) is 23.9. The van der Waals surface area contributed by atoms with Crippen LogP contribution < -0.4 is 0 Å².